The summed E-state index contributed by atoms with van der Waals surface area (Å²) >= 11 is 0. The number of nitrogens with zero attached hydrogens (tertiary/aromatic N) is 1. The van der Waals surface area contributed by atoms with E-state index in [-0.39, 0.29) is 17.9 Å². The Bertz CT molecular complexity index is 297. The molecule has 2 unspecified atom stereocenters. The molecule has 3 nitrogen and oxygen atoms in total. The first-order chi connectivity index (χ1) is 8.74. The average molecular weight is 250 g/mol. The maximum Gasteiger partial charge on any atom is 0.227 e. The molecule has 2 atom stereocenters. The summed E-state index contributed by atoms with van der Waals surface area (Å²) in [6.45, 7) is 4.48. The number of hydrogen-bond acceptors (Lipinski definition) is 2. The summed E-state index contributed by atoms with van der Waals surface area (Å²) in [5.41, 5.74) is 6.14. The summed E-state index contributed by atoms with van der Waals surface area (Å²) in [5.74, 6) is 0.341. The topological polar surface area (TPSA) is 46.3 Å². The number of nitrogens with two attached hydrogens (primary N) is 1. The highest BCUT2D eigenvalue weighted by Gasteiger charge is 2.34. The van der Waals surface area contributed by atoms with Gasteiger partial charge in [-0.15, -0.1) is 6.58 Å². The highest BCUT2D eigenvalue weighted by molar-refractivity contribution is 5.80. The lowest BCUT2D eigenvalue weighted by Crippen LogP contribution is -2.48. The number of carbonyl (C=O) groups is 1. The predicted octanol–water partition coefficient (Wildman–Crippen LogP) is 2.46. The van der Waals surface area contributed by atoms with Gasteiger partial charge in [0.2, 0.25) is 5.91 Å². The smallest absolute Gasteiger partial charge is 0.227 e. The molecule has 0 aromatic carbocycles. The van der Waals surface area contributed by atoms with Crippen molar-refractivity contribution in [2.45, 2.75) is 63.5 Å². The molecule has 1 amide bonds. The zero-order valence-electron chi connectivity index (χ0n) is 11.3. The number of carbonyl (C=O) groups excluding carboxylic acids is 1. The lowest BCUT2D eigenvalue weighted by Gasteiger charge is -2.35. The van der Waals surface area contributed by atoms with Crippen LogP contribution in [-0.2, 0) is 4.79 Å². The van der Waals surface area contributed by atoms with Crippen LogP contribution in [0.4, 0.5) is 0 Å². The maximum absolute atomic E-state index is 12.7. The van der Waals surface area contributed by atoms with Crippen LogP contribution in [0.5, 0.6) is 0 Å². The molecule has 2 aliphatic rings. The predicted molar refractivity (Wildman–Crippen MR) is 74.1 cm³/mol. The maximum atomic E-state index is 12.7. The van der Waals surface area contributed by atoms with Crippen LogP contribution < -0.4 is 5.73 Å². The van der Waals surface area contributed by atoms with Crippen LogP contribution >= 0.6 is 0 Å². The highest BCUT2D eigenvalue weighted by Crippen LogP contribution is 2.29. The molecule has 2 N–H and O–H groups in total. The van der Waals surface area contributed by atoms with E-state index in [1.54, 1.807) is 0 Å². The van der Waals surface area contributed by atoms with Crippen LogP contribution in [0.2, 0.25) is 0 Å². The number of amides is 1. The van der Waals surface area contributed by atoms with Crippen molar-refractivity contribution in [1.29, 1.82) is 0 Å². The molecular formula is C15H26N2O. The SMILES string of the molecule is C=CCN(C(=O)C1CCCCC1N)C1CCCC1. The highest BCUT2D eigenvalue weighted by atomic mass is 16.2. The first-order valence-electron chi connectivity index (χ1n) is 7.41. The van der Waals surface area contributed by atoms with Crippen molar-refractivity contribution in [1.82, 2.24) is 4.90 Å². The Labute approximate surface area is 110 Å². The average Bonchev–Trinajstić information content (AvgIpc) is 2.89. The van der Waals surface area contributed by atoms with Crippen LogP contribution in [0.15, 0.2) is 12.7 Å². The van der Waals surface area contributed by atoms with E-state index in [0.29, 0.717) is 12.6 Å². The summed E-state index contributed by atoms with van der Waals surface area (Å²) in [4.78, 5) is 14.7. The Hall–Kier alpha value is -0.830. The van der Waals surface area contributed by atoms with Crippen LogP contribution in [-0.4, -0.2) is 29.4 Å². The number of rotatable bonds is 4. The largest absolute Gasteiger partial charge is 0.336 e. The monoisotopic (exact) mass is 250 g/mol. The molecule has 0 aromatic rings. The molecule has 0 spiro atoms. The van der Waals surface area contributed by atoms with Crippen molar-refractivity contribution in [3.63, 3.8) is 0 Å². The fourth-order valence-electron chi connectivity index (χ4n) is 3.45. The van der Waals surface area contributed by atoms with Crippen molar-refractivity contribution in [2.75, 3.05) is 6.54 Å². The molecular weight excluding hydrogens is 224 g/mol. The van der Waals surface area contributed by atoms with Gasteiger partial charge in [0, 0.05) is 18.6 Å². The Morgan fingerprint density at radius 1 is 1.17 bits per heavy atom. The van der Waals surface area contributed by atoms with Gasteiger partial charge in [-0.25, -0.2) is 0 Å². The molecule has 102 valence electrons. The first-order valence-corrected chi connectivity index (χ1v) is 7.41. The van der Waals surface area contributed by atoms with E-state index in [2.05, 4.69) is 11.5 Å². The lowest BCUT2D eigenvalue weighted by molar-refractivity contribution is -0.138. The van der Waals surface area contributed by atoms with E-state index >= 15 is 0 Å². The van der Waals surface area contributed by atoms with Crippen LogP contribution in [0.3, 0.4) is 0 Å². The molecule has 0 heterocycles. The van der Waals surface area contributed by atoms with E-state index in [9.17, 15) is 4.79 Å². The van der Waals surface area contributed by atoms with Gasteiger partial charge < -0.3 is 10.6 Å². The van der Waals surface area contributed by atoms with Gasteiger partial charge in [0.15, 0.2) is 0 Å². The lowest BCUT2D eigenvalue weighted by atomic mass is 9.84. The fourth-order valence-corrected chi connectivity index (χ4v) is 3.45. The Kier molecular flexibility index (Phi) is 4.81. The normalized spacial score (nSPS) is 29.2. The molecule has 2 rings (SSSR count). The molecule has 2 fully saturated rings. The Balaban J connectivity index is 2.03. The van der Waals surface area contributed by atoms with E-state index in [0.717, 1.165) is 32.1 Å². The van der Waals surface area contributed by atoms with Crippen molar-refractivity contribution >= 4 is 5.91 Å². The molecule has 0 bridgehead atoms. The molecule has 2 saturated carbocycles. The van der Waals surface area contributed by atoms with E-state index in [1.165, 1.54) is 19.3 Å². The van der Waals surface area contributed by atoms with Crippen molar-refractivity contribution in [3.05, 3.63) is 12.7 Å². The minimum atomic E-state index is 0.0549. The quantitative estimate of drug-likeness (QED) is 0.779. The van der Waals surface area contributed by atoms with Crippen molar-refractivity contribution < 1.29 is 4.79 Å². The summed E-state index contributed by atoms with van der Waals surface area (Å²) in [7, 11) is 0. The van der Waals surface area contributed by atoms with Gasteiger partial charge in [-0.05, 0) is 25.7 Å². The van der Waals surface area contributed by atoms with Gasteiger partial charge >= 0.3 is 0 Å². The van der Waals surface area contributed by atoms with Gasteiger partial charge in [0.25, 0.3) is 0 Å². The molecule has 0 aliphatic heterocycles. The first kappa shape index (κ1) is 13.6. The van der Waals surface area contributed by atoms with Gasteiger partial charge in [0.05, 0.1) is 5.92 Å². The molecule has 2 aliphatic carbocycles. The van der Waals surface area contributed by atoms with Crippen molar-refractivity contribution in [2.24, 2.45) is 11.7 Å². The third-order valence-corrected chi connectivity index (χ3v) is 4.51. The van der Waals surface area contributed by atoms with E-state index in [1.807, 2.05) is 6.08 Å². The van der Waals surface area contributed by atoms with Gasteiger partial charge in [-0.3, -0.25) is 4.79 Å². The van der Waals surface area contributed by atoms with Gasteiger partial charge in [-0.1, -0.05) is 31.8 Å². The molecule has 0 aromatic heterocycles. The minimum Gasteiger partial charge on any atom is -0.336 e. The summed E-state index contributed by atoms with van der Waals surface area (Å²) in [5, 5.41) is 0. The van der Waals surface area contributed by atoms with Gasteiger partial charge in [-0.2, -0.15) is 0 Å². The second-order valence-electron chi connectivity index (χ2n) is 5.77. The molecule has 3 heteroatoms. The van der Waals surface area contributed by atoms with E-state index < -0.39 is 0 Å². The number of hydrogen-bond donors (Lipinski definition) is 1. The van der Waals surface area contributed by atoms with Gasteiger partial charge in [0.1, 0.15) is 0 Å². The summed E-state index contributed by atoms with van der Waals surface area (Å²) < 4.78 is 0. The Morgan fingerprint density at radius 3 is 2.39 bits per heavy atom. The Morgan fingerprint density at radius 2 is 1.78 bits per heavy atom. The summed E-state index contributed by atoms with van der Waals surface area (Å²) in [6, 6.07) is 0.504. The zero-order valence-corrected chi connectivity index (χ0v) is 11.3. The zero-order chi connectivity index (χ0) is 13.0. The van der Waals surface area contributed by atoms with Crippen LogP contribution in [0.1, 0.15) is 51.4 Å². The second-order valence-corrected chi connectivity index (χ2v) is 5.77. The molecule has 0 saturated heterocycles. The van der Waals surface area contributed by atoms with Crippen LogP contribution in [0, 0.1) is 5.92 Å². The second kappa shape index (κ2) is 6.37. The molecule has 0 radical (unpaired) electrons. The summed E-state index contributed by atoms with van der Waals surface area (Å²) in [6.07, 6.45) is 11.0. The third-order valence-electron chi connectivity index (χ3n) is 4.51. The molecule has 18 heavy (non-hydrogen) atoms. The fraction of sp³-hybridized carbons (Fsp3) is 0.800. The van der Waals surface area contributed by atoms with Crippen LogP contribution in [0.25, 0.3) is 0 Å². The minimum absolute atomic E-state index is 0.0549. The standard InChI is InChI=1S/C15H26N2O/c1-2-11-17(12-7-3-4-8-12)15(18)13-9-5-6-10-14(13)16/h2,12-14H,1,3-11,16H2. The van der Waals surface area contributed by atoms with E-state index in [4.69, 9.17) is 5.73 Å². The third kappa shape index (κ3) is 2.94. The van der Waals surface area contributed by atoms with Crippen molar-refractivity contribution in [3.8, 4) is 0 Å².